The number of urea groups is 1. The smallest absolute Gasteiger partial charge is 0.326 e. The lowest BCUT2D eigenvalue weighted by molar-refractivity contribution is -0.140. The Hall–Kier alpha value is -2.32. The van der Waals surface area contributed by atoms with Crippen LogP contribution in [0.25, 0.3) is 0 Å². The first-order valence-electron chi connectivity index (χ1n) is 5.43. The van der Waals surface area contributed by atoms with Crippen LogP contribution in [0, 0.1) is 0 Å². The molecule has 0 fully saturated rings. The lowest BCUT2D eigenvalue weighted by atomic mass is 10.1. The molecule has 1 atom stereocenters. The van der Waals surface area contributed by atoms with Crippen molar-refractivity contribution in [3.63, 3.8) is 0 Å². The Morgan fingerprint density at radius 3 is 2.16 bits per heavy atom. The number of carbonyl (C=O) groups excluding carboxylic acids is 2. The monoisotopic (exact) mass is 275 g/mol. The fourth-order valence-corrected chi connectivity index (χ4v) is 1.05. The van der Waals surface area contributed by atoms with Gasteiger partial charge in [0.15, 0.2) is 0 Å². The van der Waals surface area contributed by atoms with E-state index in [0.717, 1.165) is 0 Å². The molecular formula is C10H17N3O6. The molecule has 0 rings (SSSR count). The van der Waals surface area contributed by atoms with Crippen molar-refractivity contribution < 1.29 is 29.4 Å². The Labute approximate surface area is 109 Å². The predicted molar refractivity (Wildman–Crippen MR) is 63.5 cm³/mol. The molecule has 3 amide bonds. The summed E-state index contributed by atoms with van der Waals surface area (Å²) in [5.41, 5.74) is 0. The van der Waals surface area contributed by atoms with Crippen LogP contribution in [0.4, 0.5) is 4.79 Å². The molecule has 0 saturated carbocycles. The molecule has 108 valence electrons. The average molecular weight is 275 g/mol. The number of hydrogen-bond donors (Lipinski definition) is 4. The van der Waals surface area contributed by atoms with E-state index < -0.39 is 24.0 Å². The third-order valence-corrected chi connectivity index (χ3v) is 2.15. The summed E-state index contributed by atoms with van der Waals surface area (Å²) in [5.74, 6) is -2.85. The second-order valence-corrected chi connectivity index (χ2v) is 3.94. The molecule has 0 aliphatic heterocycles. The van der Waals surface area contributed by atoms with Crippen LogP contribution in [-0.2, 0) is 14.4 Å². The maximum Gasteiger partial charge on any atom is 0.326 e. The van der Waals surface area contributed by atoms with E-state index in [1.165, 1.54) is 19.0 Å². The summed E-state index contributed by atoms with van der Waals surface area (Å²) in [6.07, 6.45) is -0.617. The van der Waals surface area contributed by atoms with Gasteiger partial charge in [-0.2, -0.15) is 0 Å². The molecule has 0 bridgehead atoms. The Morgan fingerprint density at radius 2 is 1.74 bits per heavy atom. The number of carbonyl (C=O) groups is 4. The Bertz CT molecular complexity index is 368. The minimum Gasteiger partial charge on any atom is -0.481 e. The Balaban J connectivity index is 4.21. The van der Waals surface area contributed by atoms with Crippen molar-refractivity contribution >= 4 is 23.9 Å². The zero-order valence-corrected chi connectivity index (χ0v) is 10.7. The van der Waals surface area contributed by atoms with E-state index in [1.807, 2.05) is 0 Å². The number of aliphatic carboxylic acids is 2. The summed E-state index contributed by atoms with van der Waals surface area (Å²) in [6.45, 7) is -0.274. The molecule has 0 radical (unpaired) electrons. The van der Waals surface area contributed by atoms with E-state index in [0.29, 0.717) is 0 Å². The van der Waals surface area contributed by atoms with E-state index in [-0.39, 0.29) is 25.3 Å². The molecule has 4 N–H and O–H groups in total. The molecule has 19 heavy (non-hydrogen) atoms. The molecule has 0 saturated heterocycles. The highest BCUT2D eigenvalue weighted by Crippen LogP contribution is 1.97. The molecule has 9 nitrogen and oxygen atoms in total. The lowest BCUT2D eigenvalue weighted by Gasteiger charge is -2.15. The van der Waals surface area contributed by atoms with Crippen molar-refractivity contribution in [3.8, 4) is 0 Å². The number of carboxylic acid groups (broad SMARTS) is 2. The molecule has 0 heterocycles. The van der Waals surface area contributed by atoms with Crippen molar-refractivity contribution in [1.82, 2.24) is 15.5 Å². The highest BCUT2D eigenvalue weighted by Gasteiger charge is 2.21. The van der Waals surface area contributed by atoms with Crippen LogP contribution in [0.1, 0.15) is 12.8 Å². The number of likely N-dealkylation sites (N-methyl/N-ethyl adjacent to an activating group) is 1. The van der Waals surface area contributed by atoms with Gasteiger partial charge >= 0.3 is 18.0 Å². The second kappa shape index (κ2) is 7.90. The van der Waals surface area contributed by atoms with Gasteiger partial charge in [0.25, 0.3) is 0 Å². The maximum absolute atomic E-state index is 11.3. The first-order chi connectivity index (χ1) is 8.73. The van der Waals surface area contributed by atoms with Crippen molar-refractivity contribution in [2.75, 3.05) is 20.6 Å². The number of nitrogens with zero attached hydrogens (tertiary/aromatic N) is 1. The summed E-state index contributed by atoms with van der Waals surface area (Å²) in [5, 5.41) is 21.5. The predicted octanol–water partition coefficient (Wildman–Crippen LogP) is -1.31. The fourth-order valence-electron chi connectivity index (χ4n) is 1.05. The van der Waals surface area contributed by atoms with Crippen LogP contribution in [0.15, 0.2) is 0 Å². The van der Waals surface area contributed by atoms with Crippen LogP contribution in [0.3, 0.4) is 0 Å². The number of amides is 3. The highest BCUT2D eigenvalue weighted by molar-refractivity contribution is 5.86. The first kappa shape index (κ1) is 16.7. The van der Waals surface area contributed by atoms with Crippen LogP contribution < -0.4 is 10.6 Å². The molecular weight excluding hydrogens is 258 g/mol. The van der Waals surface area contributed by atoms with Crippen LogP contribution in [0.5, 0.6) is 0 Å². The normalized spacial score (nSPS) is 11.3. The SMILES string of the molecule is CN(C)C(=O)CNC(=O)NC(CCC(=O)O)C(=O)O. The van der Waals surface area contributed by atoms with Gasteiger partial charge < -0.3 is 25.7 Å². The van der Waals surface area contributed by atoms with Crippen LogP contribution in [0.2, 0.25) is 0 Å². The molecule has 0 aromatic heterocycles. The Kier molecular flexibility index (Phi) is 6.94. The first-order valence-corrected chi connectivity index (χ1v) is 5.43. The van der Waals surface area contributed by atoms with Gasteiger partial charge in [0.1, 0.15) is 6.04 Å². The van der Waals surface area contributed by atoms with Crippen LogP contribution >= 0.6 is 0 Å². The number of carboxylic acids is 2. The van der Waals surface area contributed by atoms with Gasteiger partial charge in [0.2, 0.25) is 5.91 Å². The number of hydrogen-bond acceptors (Lipinski definition) is 4. The van der Waals surface area contributed by atoms with Gasteiger partial charge in [0.05, 0.1) is 6.54 Å². The van der Waals surface area contributed by atoms with E-state index in [1.54, 1.807) is 0 Å². The van der Waals surface area contributed by atoms with Crippen LogP contribution in [-0.4, -0.2) is 65.7 Å². The number of nitrogens with one attached hydrogen (secondary N) is 2. The second-order valence-electron chi connectivity index (χ2n) is 3.94. The average Bonchev–Trinajstić information content (AvgIpc) is 2.30. The molecule has 0 spiro atoms. The summed E-state index contributed by atoms with van der Waals surface area (Å²) >= 11 is 0. The summed E-state index contributed by atoms with van der Waals surface area (Å²) < 4.78 is 0. The third-order valence-electron chi connectivity index (χ3n) is 2.15. The quantitative estimate of drug-likeness (QED) is 0.455. The molecule has 0 aromatic rings. The van der Waals surface area contributed by atoms with Gasteiger partial charge in [-0.1, -0.05) is 0 Å². The van der Waals surface area contributed by atoms with E-state index in [4.69, 9.17) is 10.2 Å². The van der Waals surface area contributed by atoms with E-state index in [2.05, 4.69) is 10.6 Å². The summed E-state index contributed by atoms with van der Waals surface area (Å²) in [4.78, 5) is 44.9. The zero-order valence-electron chi connectivity index (χ0n) is 10.7. The molecule has 0 aliphatic carbocycles. The summed E-state index contributed by atoms with van der Waals surface area (Å²) in [6, 6.07) is -2.15. The number of rotatable bonds is 7. The van der Waals surface area contributed by atoms with Gasteiger partial charge in [-0.3, -0.25) is 9.59 Å². The molecule has 0 aliphatic rings. The van der Waals surface area contributed by atoms with E-state index >= 15 is 0 Å². The minimum atomic E-state index is -1.34. The van der Waals surface area contributed by atoms with Gasteiger partial charge in [-0.25, -0.2) is 9.59 Å². The molecule has 1 unspecified atom stereocenters. The standard InChI is InChI=1S/C10H17N3O6/c1-13(2)7(14)5-11-10(19)12-6(9(17)18)3-4-8(15)16/h6H,3-5H2,1-2H3,(H,15,16)(H,17,18)(H2,11,12,19). The third kappa shape index (κ3) is 7.58. The van der Waals surface area contributed by atoms with Gasteiger partial charge in [-0.15, -0.1) is 0 Å². The topological polar surface area (TPSA) is 136 Å². The van der Waals surface area contributed by atoms with Crippen molar-refractivity contribution in [1.29, 1.82) is 0 Å². The summed E-state index contributed by atoms with van der Waals surface area (Å²) in [7, 11) is 3.02. The van der Waals surface area contributed by atoms with Crippen molar-refractivity contribution in [2.45, 2.75) is 18.9 Å². The molecule has 9 heteroatoms. The fraction of sp³-hybridized carbons (Fsp3) is 0.600. The Morgan fingerprint density at radius 1 is 1.16 bits per heavy atom. The van der Waals surface area contributed by atoms with E-state index in [9.17, 15) is 19.2 Å². The molecule has 0 aromatic carbocycles. The van der Waals surface area contributed by atoms with Gasteiger partial charge in [0, 0.05) is 20.5 Å². The van der Waals surface area contributed by atoms with Crippen molar-refractivity contribution in [2.24, 2.45) is 0 Å². The zero-order chi connectivity index (χ0) is 15.0. The minimum absolute atomic E-state index is 0.236. The maximum atomic E-state index is 11.3. The lowest BCUT2D eigenvalue weighted by Crippen LogP contribution is -2.48. The van der Waals surface area contributed by atoms with Crippen molar-refractivity contribution in [3.05, 3.63) is 0 Å². The highest BCUT2D eigenvalue weighted by atomic mass is 16.4. The van der Waals surface area contributed by atoms with Gasteiger partial charge in [-0.05, 0) is 6.42 Å². The largest absolute Gasteiger partial charge is 0.481 e.